The van der Waals surface area contributed by atoms with Crippen molar-refractivity contribution in [1.29, 1.82) is 0 Å². The van der Waals surface area contributed by atoms with E-state index in [4.69, 9.17) is 11.6 Å². The molecule has 0 aliphatic rings. The van der Waals surface area contributed by atoms with Crippen LogP contribution in [0.2, 0.25) is 5.02 Å². The van der Waals surface area contributed by atoms with Gasteiger partial charge in [0.1, 0.15) is 0 Å². The zero-order chi connectivity index (χ0) is 11.5. The number of hydrogen-bond acceptors (Lipinski definition) is 2. The second-order valence-corrected chi connectivity index (χ2v) is 3.90. The maximum Gasteiger partial charge on any atom is 0.271 e. The third-order valence-corrected chi connectivity index (χ3v) is 2.48. The first-order valence-electron chi connectivity index (χ1n) is 4.92. The molecule has 0 saturated heterocycles. The van der Waals surface area contributed by atoms with E-state index in [0.717, 1.165) is 11.4 Å². The van der Waals surface area contributed by atoms with E-state index < -0.39 is 0 Å². The minimum Gasteiger partial charge on any atom is -0.314 e. The summed E-state index contributed by atoms with van der Waals surface area (Å²) in [6.45, 7) is 0.635. The van der Waals surface area contributed by atoms with Gasteiger partial charge in [0.2, 0.25) is 0 Å². The van der Waals surface area contributed by atoms with Crippen LogP contribution in [0.25, 0.3) is 5.69 Å². The summed E-state index contributed by atoms with van der Waals surface area (Å²) in [6, 6.07) is 8.67. The summed E-state index contributed by atoms with van der Waals surface area (Å²) in [7, 11) is 1.83. The molecule has 84 valence electrons. The van der Waals surface area contributed by atoms with Crippen molar-refractivity contribution >= 4 is 11.6 Å². The van der Waals surface area contributed by atoms with Gasteiger partial charge in [-0.1, -0.05) is 11.6 Å². The lowest BCUT2D eigenvalue weighted by Crippen LogP contribution is -2.13. The summed E-state index contributed by atoms with van der Waals surface area (Å²) < 4.78 is 1.49. The molecule has 0 unspecified atom stereocenters. The van der Waals surface area contributed by atoms with E-state index in [-0.39, 0.29) is 5.56 Å². The van der Waals surface area contributed by atoms with Crippen LogP contribution in [0.5, 0.6) is 0 Å². The molecule has 0 radical (unpaired) electrons. The van der Waals surface area contributed by atoms with Gasteiger partial charge >= 0.3 is 0 Å². The molecule has 1 heterocycles. The second-order valence-electron chi connectivity index (χ2n) is 3.46. The van der Waals surface area contributed by atoms with Gasteiger partial charge in [0.05, 0.1) is 11.4 Å². The molecule has 2 N–H and O–H groups in total. The predicted octanol–water partition coefficient (Wildman–Crippen LogP) is 1.54. The lowest BCUT2D eigenvalue weighted by Gasteiger charge is -2.01. The number of nitrogens with zero attached hydrogens (tertiary/aromatic N) is 1. The molecule has 2 aromatic rings. The smallest absolute Gasteiger partial charge is 0.271 e. The van der Waals surface area contributed by atoms with Crippen LogP contribution in [0, 0.1) is 0 Å². The van der Waals surface area contributed by atoms with E-state index in [1.54, 1.807) is 30.3 Å². The zero-order valence-corrected chi connectivity index (χ0v) is 9.58. The molecule has 0 bridgehead atoms. The molecule has 0 spiro atoms. The number of hydrogen-bond donors (Lipinski definition) is 2. The minimum atomic E-state index is -0.0763. The van der Waals surface area contributed by atoms with Gasteiger partial charge in [0, 0.05) is 17.6 Å². The van der Waals surface area contributed by atoms with Crippen LogP contribution in [-0.2, 0) is 6.54 Å². The first-order chi connectivity index (χ1) is 7.70. The third kappa shape index (κ3) is 2.18. The number of rotatable bonds is 3. The highest BCUT2D eigenvalue weighted by Gasteiger charge is 2.03. The zero-order valence-electron chi connectivity index (χ0n) is 8.83. The Hall–Kier alpha value is -1.52. The molecule has 0 fully saturated rings. The first-order valence-corrected chi connectivity index (χ1v) is 5.30. The van der Waals surface area contributed by atoms with Crippen LogP contribution in [-0.4, -0.2) is 16.8 Å². The number of nitrogens with one attached hydrogen (secondary N) is 2. The van der Waals surface area contributed by atoms with Crippen LogP contribution < -0.4 is 10.9 Å². The maximum atomic E-state index is 11.7. The summed E-state index contributed by atoms with van der Waals surface area (Å²) >= 11 is 5.79. The Bertz CT molecular complexity index is 527. The quantitative estimate of drug-likeness (QED) is 0.851. The van der Waals surface area contributed by atoms with Crippen LogP contribution in [0.3, 0.4) is 0 Å². The molecule has 0 atom stereocenters. The lowest BCUT2D eigenvalue weighted by molar-refractivity contribution is 0.751. The fourth-order valence-electron chi connectivity index (χ4n) is 1.51. The van der Waals surface area contributed by atoms with Gasteiger partial charge < -0.3 is 5.32 Å². The van der Waals surface area contributed by atoms with E-state index in [1.807, 2.05) is 7.05 Å². The first kappa shape index (κ1) is 11.0. The Kier molecular flexibility index (Phi) is 3.12. The van der Waals surface area contributed by atoms with Crippen LogP contribution >= 0.6 is 11.6 Å². The molecule has 2 rings (SSSR count). The SMILES string of the molecule is CNCc1cc(=O)n(-c2ccc(Cl)cc2)[nH]1. The van der Waals surface area contributed by atoms with Gasteiger partial charge in [-0.25, -0.2) is 4.68 Å². The summed E-state index contributed by atoms with van der Waals surface area (Å²) in [6.07, 6.45) is 0. The maximum absolute atomic E-state index is 11.7. The Balaban J connectivity index is 2.40. The van der Waals surface area contributed by atoms with Crippen LogP contribution in [0.1, 0.15) is 5.69 Å². The van der Waals surface area contributed by atoms with Crippen molar-refractivity contribution < 1.29 is 0 Å². The van der Waals surface area contributed by atoms with Gasteiger partial charge in [-0.05, 0) is 31.3 Å². The third-order valence-electron chi connectivity index (χ3n) is 2.23. The van der Waals surface area contributed by atoms with Crippen molar-refractivity contribution in [3.05, 3.63) is 51.4 Å². The van der Waals surface area contributed by atoms with Crippen molar-refractivity contribution in [3.63, 3.8) is 0 Å². The Morgan fingerprint density at radius 3 is 2.69 bits per heavy atom. The molecule has 1 aromatic heterocycles. The average Bonchev–Trinajstić information content (AvgIpc) is 2.61. The minimum absolute atomic E-state index is 0.0763. The molecule has 5 heteroatoms. The highest BCUT2D eigenvalue weighted by molar-refractivity contribution is 6.30. The fourth-order valence-corrected chi connectivity index (χ4v) is 1.63. The molecule has 0 aliphatic carbocycles. The monoisotopic (exact) mass is 237 g/mol. The molecular weight excluding hydrogens is 226 g/mol. The van der Waals surface area contributed by atoms with Crippen molar-refractivity contribution in [2.75, 3.05) is 7.05 Å². The van der Waals surface area contributed by atoms with E-state index >= 15 is 0 Å². The van der Waals surface area contributed by atoms with Crippen LogP contribution in [0.15, 0.2) is 35.1 Å². The fraction of sp³-hybridized carbons (Fsp3) is 0.182. The standard InChI is InChI=1S/C11H12ClN3O/c1-13-7-9-6-11(16)15(14-9)10-4-2-8(12)3-5-10/h2-6,13-14H,7H2,1H3. The second kappa shape index (κ2) is 4.55. The van der Waals surface area contributed by atoms with Crippen molar-refractivity contribution in [2.45, 2.75) is 6.54 Å². The highest BCUT2D eigenvalue weighted by Crippen LogP contribution is 2.11. The summed E-state index contributed by atoms with van der Waals surface area (Å²) in [4.78, 5) is 11.7. The number of halogens is 1. The number of benzene rings is 1. The van der Waals surface area contributed by atoms with Crippen molar-refractivity contribution in [3.8, 4) is 5.69 Å². The molecule has 1 aromatic carbocycles. The van der Waals surface area contributed by atoms with E-state index in [1.165, 1.54) is 4.68 Å². The summed E-state index contributed by atoms with van der Waals surface area (Å²) in [5.41, 5.74) is 1.55. The van der Waals surface area contributed by atoms with Crippen LogP contribution in [0.4, 0.5) is 0 Å². The van der Waals surface area contributed by atoms with Gasteiger partial charge in [-0.3, -0.25) is 9.89 Å². The lowest BCUT2D eigenvalue weighted by atomic mass is 10.3. The van der Waals surface area contributed by atoms with E-state index in [2.05, 4.69) is 10.4 Å². The Morgan fingerprint density at radius 2 is 2.06 bits per heavy atom. The van der Waals surface area contributed by atoms with Gasteiger partial charge in [-0.2, -0.15) is 0 Å². The van der Waals surface area contributed by atoms with Crippen molar-refractivity contribution in [1.82, 2.24) is 15.1 Å². The average molecular weight is 238 g/mol. The molecule has 16 heavy (non-hydrogen) atoms. The summed E-state index contributed by atoms with van der Waals surface area (Å²) in [5.74, 6) is 0. The topological polar surface area (TPSA) is 49.8 Å². The van der Waals surface area contributed by atoms with E-state index in [0.29, 0.717) is 11.6 Å². The normalized spacial score (nSPS) is 10.6. The van der Waals surface area contributed by atoms with Gasteiger partial charge in [0.15, 0.2) is 0 Å². The molecule has 0 amide bonds. The number of H-pyrrole nitrogens is 1. The molecule has 0 saturated carbocycles. The molecular formula is C11H12ClN3O. The predicted molar refractivity (Wildman–Crippen MR) is 64.2 cm³/mol. The molecule has 4 nitrogen and oxygen atoms in total. The van der Waals surface area contributed by atoms with Gasteiger partial charge in [0.25, 0.3) is 5.56 Å². The number of aromatic amines is 1. The Morgan fingerprint density at radius 1 is 1.38 bits per heavy atom. The van der Waals surface area contributed by atoms with Crippen molar-refractivity contribution in [2.24, 2.45) is 0 Å². The highest BCUT2D eigenvalue weighted by atomic mass is 35.5. The number of aromatic nitrogens is 2. The Labute approximate surface area is 97.8 Å². The van der Waals surface area contributed by atoms with Gasteiger partial charge in [-0.15, -0.1) is 0 Å². The largest absolute Gasteiger partial charge is 0.314 e. The van der Waals surface area contributed by atoms with E-state index in [9.17, 15) is 4.79 Å². The molecule has 0 aliphatic heterocycles. The summed E-state index contributed by atoms with van der Waals surface area (Å²) in [5, 5.41) is 6.65.